The SMILES string of the molecule is CC(=O)c1csc(NC(=O)c2cc(O)cc(O)c2)n1. The third-order valence-electron chi connectivity index (χ3n) is 2.25. The van der Waals surface area contributed by atoms with Gasteiger partial charge in [0.15, 0.2) is 10.9 Å². The number of Topliss-reactive ketones (excluding diaryl/α,β-unsaturated/α-hetero) is 1. The first-order valence-corrected chi connectivity index (χ1v) is 6.14. The van der Waals surface area contributed by atoms with Gasteiger partial charge in [-0.3, -0.25) is 14.9 Å². The highest BCUT2D eigenvalue weighted by molar-refractivity contribution is 7.14. The van der Waals surface area contributed by atoms with Gasteiger partial charge in [0.05, 0.1) is 0 Å². The molecule has 7 heteroatoms. The topological polar surface area (TPSA) is 99.5 Å². The summed E-state index contributed by atoms with van der Waals surface area (Å²) < 4.78 is 0. The summed E-state index contributed by atoms with van der Waals surface area (Å²) in [5, 5.41) is 22.9. The quantitative estimate of drug-likeness (QED) is 0.746. The maximum Gasteiger partial charge on any atom is 0.257 e. The number of amides is 1. The van der Waals surface area contributed by atoms with Gasteiger partial charge in [0.25, 0.3) is 5.91 Å². The Kier molecular flexibility index (Phi) is 3.48. The number of nitrogens with zero attached hydrogens (tertiary/aromatic N) is 1. The first kappa shape index (κ1) is 13.0. The molecule has 0 aliphatic carbocycles. The molecule has 0 atom stereocenters. The zero-order chi connectivity index (χ0) is 14.0. The minimum absolute atomic E-state index is 0.0945. The second-order valence-electron chi connectivity index (χ2n) is 3.79. The van der Waals surface area contributed by atoms with Crippen LogP contribution in [0.3, 0.4) is 0 Å². The average Bonchev–Trinajstić information content (AvgIpc) is 2.76. The fourth-order valence-corrected chi connectivity index (χ4v) is 2.13. The van der Waals surface area contributed by atoms with E-state index in [1.165, 1.54) is 24.4 Å². The molecule has 0 aliphatic heterocycles. The van der Waals surface area contributed by atoms with Crippen LogP contribution in [-0.4, -0.2) is 26.9 Å². The van der Waals surface area contributed by atoms with E-state index < -0.39 is 5.91 Å². The zero-order valence-electron chi connectivity index (χ0n) is 9.88. The Balaban J connectivity index is 2.18. The number of carbonyl (C=O) groups excluding carboxylic acids is 2. The van der Waals surface area contributed by atoms with Crippen molar-refractivity contribution in [3.8, 4) is 11.5 Å². The molecule has 1 aromatic carbocycles. The Hall–Kier alpha value is -2.41. The van der Waals surface area contributed by atoms with E-state index in [0.29, 0.717) is 0 Å². The lowest BCUT2D eigenvalue weighted by atomic mass is 10.2. The number of hydrogen-bond acceptors (Lipinski definition) is 6. The molecular weight excluding hydrogens is 268 g/mol. The number of aromatic nitrogens is 1. The number of phenolic OH excluding ortho intramolecular Hbond substituents is 2. The number of nitrogens with one attached hydrogen (secondary N) is 1. The van der Waals surface area contributed by atoms with Crippen molar-refractivity contribution in [3.63, 3.8) is 0 Å². The number of ketones is 1. The summed E-state index contributed by atoms with van der Waals surface area (Å²) in [5.74, 6) is -1.15. The number of carbonyl (C=O) groups is 2. The van der Waals surface area contributed by atoms with Crippen LogP contribution in [-0.2, 0) is 0 Å². The van der Waals surface area contributed by atoms with Crippen molar-refractivity contribution in [1.29, 1.82) is 0 Å². The van der Waals surface area contributed by atoms with Crippen LogP contribution in [0.5, 0.6) is 11.5 Å². The molecule has 0 saturated carbocycles. The van der Waals surface area contributed by atoms with Gasteiger partial charge in [-0.1, -0.05) is 0 Å². The van der Waals surface area contributed by atoms with Gasteiger partial charge >= 0.3 is 0 Å². The summed E-state index contributed by atoms with van der Waals surface area (Å²) >= 11 is 1.12. The van der Waals surface area contributed by atoms with Crippen molar-refractivity contribution in [2.45, 2.75) is 6.92 Å². The van der Waals surface area contributed by atoms with Crippen LogP contribution >= 0.6 is 11.3 Å². The lowest BCUT2D eigenvalue weighted by molar-refractivity contribution is 0.100. The van der Waals surface area contributed by atoms with Gasteiger partial charge in [-0.2, -0.15) is 0 Å². The molecule has 0 fully saturated rings. The van der Waals surface area contributed by atoms with Crippen molar-refractivity contribution in [2.24, 2.45) is 0 Å². The molecule has 0 unspecified atom stereocenters. The molecule has 0 saturated heterocycles. The third-order valence-corrected chi connectivity index (χ3v) is 3.01. The summed E-state index contributed by atoms with van der Waals surface area (Å²) in [6.45, 7) is 1.38. The lowest BCUT2D eigenvalue weighted by Crippen LogP contribution is -2.11. The molecule has 3 N–H and O–H groups in total. The van der Waals surface area contributed by atoms with Gasteiger partial charge in [-0.05, 0) is 12.1 Å². The lowest BCUT2D eigenvalue weighted by Gasteiger charge is -2.03. The Morgan fingerprint density at radius 2 is 1.84 bits per heavy atom. The van der Waals surface area contributed by atoms with Crippen LogP contribution in [0.1, 0.15) is 27.8 Å². The molecule has 0 radical (unpaired) electrons. The zero-order valence-corrected chi connectivity index (χ0v) is 10.7. The fraction of sp³-hybridized carbons (Fsp3) is 0.0833. The first-order chi connectivity index (χ1) is 8.95. The van der Waals surface area contributed by atoms with Crippen molar-refractivity contribution >= 4 is 28.2 Å². The Morgan fingerprint density at radius 1 is 1.21 bits per heavy atom. The maximum absolute atomic E-state index is 11.8. The number of rotatable bonds is 3. The van der Waals surface area contributed by atoms with Crippen LogP contribution < -0.4 is 5.32 Å². The minimum atomic E-state index is -0.532. The van der Waals surface area contributed by atoms with Gasteiger partial charge in [-0.15, -0.1) is 11.3 Å². The second-order valence-corrected chi connectivity index (χ2v) is 4.64. The van der Waals surface area contributed by atoms with Gasteiger partial charge in [0.2, 0.25) is 0 Å². The highest BCUT2D eigenvalue weighted by Crippen LogP contribution is 2.22. The smallest absolute Gasteiger partial charge is 0.257 e. The van der Waals surface area contributed by atoms with E-state index in [9.17, 15) is 19.8 Å². The van der Waals surface area contributed by atoms with E-state index in [-0.39, 0.29) is 33.7 Å². The molecule has 1 amide bonds. The van der Waals surface area contributed by atoms with E-state index in [0.717, 1.165) is 17.4 Å². The molecular formula is C12H10N2O4S. The predicted octanol–water partition coefficient (Wildman–Crippen LogP) is 2.01. The first-order valence-electron chi connectivity index (χ1n) is 5.26. The monoisotopic (exact) mass is 278 g/mol. The summed E-state index contributed by atoms with van der Waals surface area (Å²) in [5.41, 5.74) is 0.371. The van der Waals surface area contributed by atoms with Gasteiger partial charge < -0.3 is 10.2 Å². The number of anilines is 1. The molecule has 1 heterocycles. The van der Waals surface area contributed by atoms with E-state index in [2.05, 4.69) is 10.3 Å². The Labute approximate surface area is 112 Å². The molecule has 2 aromatic rings. The van der Waals surface area contributed by atoms with Crippen LogP contribution in [0, 0.1) is 0 Å². The van der Waals surface area contributed by atoms with Crippen molar-refractivity contribution in [3.05, 3.63) is 34.8 Å². The van der Waals surface area contributed by atoms with Gasteiger partial charge in [0.1, 0.15) is 17.2 Å². The van der Waals surface area contributed by atoms with Crippen LogP contribution in [0.2, 0.25) is 0 Å². The highest BCUT2D eigenvalue weighted by Gasteiger charge is 2.12. The standard InChI is InChI=1S/C12H10N2O4S/c1-6(15)10-5-19-12(13-10)14-11(18)7-2-8(16)4-9(17)3-7/h2-5,16-17H,1H3,(H,13,14,18). The molecule has 0 aliphatic rings. The normalized spacial score (nSPS) is 10.2. The van der Waals surface area contributed by atoms with Crippen molar-refractivity contribution in [2.75, 3.05) is 5.32 Å². The van der Waals surface area contributed by atoms with E-state index >= 15 is 0 Å². The number of hydrogen-bond donors (Lipinski definition) is 3. The van der Waals surface area contributed by atoms with Crippen LogP contribution in [0.25, 0.3) is 0 Å². The molecule has 0 bridgehead atoms. The number of benzene rings is 1. The van der Waals surface area contributed by atoms with Gasteiger partial charge in [-0.25, -0.2) is 4.98 Å². The Bertz CT molecular complexity index is 631. The highest BCUT2D eigenvalue weighted by atomic mass is 32.1. The van der Waals surface area contributed by atoms with E-state index in [4.69, 9.17) is 0 Å². The van der Waals surface area contributed by atoms with Crippen LogP contribution in [0.15, 0.2) is 23.6 Å². The summed E-state index contributed by atoms with van der Waals surface area (Å²) in [7, 11) is 0. The number of aromatic hydroxyl groups is 2. The minimum Gasteiger partial charge on any atom is -0.508 e. The molecule has 19 heavy (non-hydrogen) atoms. The summed E-state index contributed by atoms with van der Waals surface area (Å²) in [6.07, 6.45) is 0. The van der Waals surface area contributed by atoms with Crippen molar-refractivity contribution in [1.82, 2.24) is 4.98 Å². The fourth-order valence-electron chi connectivity index (χ4n) is 1.39. The van der Waals surface area contributed by atoms with Crippen molar-refractivity contribution < 1.29 is 19.8 Å². The Morgan fingerprint density at radius 3 is 2.37 bits per heavy atom. The number of thiazole rings is 1. The summed E-state index contributed by atoms with van der Waals surface area (Å²) in [4.78, 5) is 26.8. The predicted molar refractivity (Wildman–Crippen MR) is 69.8 cm³/mol. The summed E-state index contributed by atoms with van der Waals surface area (Å²) in [6, 6.07) is 3.55. The third kappa shape index (κ3) is 3.08. The largest absolute Gasteiger partial charge is 0.508 e. The van der Waals surface area contributed by atoms with E-state index in [1.807, 2.05) is 0 Å². The van der Waals surface area contributed by atoms with E-state index in [1.54, 1.807) is 0 Å². The molecule has 98 valence electrons. The van der Waals surface area contributed by atoms with Crippen LogP contribution in [0.4, 0.5) is 5.13 Å². The molecule has 1 aromatic heterocycles. The molecule has 6 nitrogen and oxygen atoms in total. The average molecular weight is 278 g/mol. The number of phenols is 2. The molecule has 0 spiro atoms. The molecule has 2 rings (SSSR count). The second kappa shape index (κ2) is 5.07. The maximum atomic E-state index is 11.8. The van der Waals surface area contributed by atoms with Gasteiger partial charge in [0, 0.05) is 23.9 Å².